The van der Waals surface area contributed by atoms with Crippen LogP contribution in [0.4, 0.5) is 5.69 Å². The summed E-state index contributed by atoms with van der Waals surface area (Å²) in [6.45, 7) is 1.15. The zero-order valence-corrected chi connectivity index (χ0v) is 12.9. The quantitative estimate of drug-likeness (QED) is 0.740. The fraction of sp³-hybridized carbons (Fsp3) is 0.400. The minimum atomic E-state index is -0.858. The summed E-state index contributed by atoms with van der Waals surface area (Å²) in [7, 11) is 0. The number of nitrogens with zero attached hydrogens (tertiary/aromatic N) is 1. The molecule has 0 spiro atoms. The second kappa shape index (κ2) is 7.84. The van der Waals surface area contributed by atoms with Crippen molar-refractivity contribution in [3.8, 4) is 0 Å². The molecule has 22 heavy (non-hydrogen) atoms. The Morgan fingerprint density at radius 3 is 2.59 bits per heavy atom. The summed E-state index contributed by atoms with van der Waals surface area (Å²) in [5.41, 5.74) is 1.34. The van der Waals surface area contributed by atoms with E-state index in [1.54, 1.807) is 29.2 Å². The van der Waals surface area contributed by atoms with Crippen LogP contribution in [0.2, 0.25) is 0 Å². The van der Waals surface area contributed by atoms with Crippen LogP contribution in [0.3, 0.4) is 0 Å². The first-order chi connectivity index (χ1) is 10.6. The number of carboxylic acid groups (broad SMARTS) is 1. The Kier molecular flexibility index (Phi) is 5.83. The molecule has 1 aliphatic rings. The zero-order chi connectivity index (χ0) is 15.9. The minimum absolute atomic E-state index is 0.0361. The number of carbonyl (C=O) groups is 3. The number of rotatable bonds is 7. The van der Waals surface area contributed by atoms with E-state index in [1.807, 2.05) is 0 Å². The number of aliphatic carboxylic acids is 1. The van der Waals surface area contributed by atoms with E-state index in [0.717, 1.165) is 18.7 Å². The molecule has 0 atom stereocenters. The molecule has 1 heterocycles. The van der Waals surface area contributed by atoms with Crippen LogP contribution >= 0.6 is 11.8 Å². The van der Waals surface area contributed by atoms with E-state index in [0.29, 0.717) is 24.3 Å². The van der Waals surface area contributed by atoms with Gasteiger partial charge in [-0.05, 0) is 30.7 Å². The Hall–Kier alpha value is -2.02. The number of carboxylic acids is 1. The lowest BCUT2D eigenvalue weighted by molar-refractivity contribution is -0.133. The molecule has 118 valence electrons. The van der Waals surface area contributed by atoms with Gasteiger partial charge in [0.05, 0.1) is 5.75 Å². The fourth-order valence-electron chi connectivity index (χ4n) is 2.21. The van der Waals surface area contributed by atoms with Gasteiger partial charge in [0.15, 0.2) is 0 Å². The van der Waals surface area contributed by atoms with Gasteiger partial charge >= 0.3 is 5.97 Å². The van der Waals surface area contributed by atoms with Crippen LogP contribution in [0.15, 0.2) is 24.3 Å². The first kappa shape index (κ1) is 16.4. The zero-order valence-electron chi connectivity index (χ0n) is 12.1. The Bertz CT molecular complexity index is 559. The number of nitrogens with one attached hydrogen (secondary N) is 1. The molecule has 0 bridgehead atoms. The normalized spacial score (nSPS) is 14.2. The van der Waals surface area contributed by atoms with Crippen molar-refractivity contribution < 1.29 is 19.5 Å². The van der Waals surface area contributed by atoms with Crippen LogP contribution in [-0.2, 0) is 9.59 Å². The van der Waals surface area contributed by atoms with E-state index in [1.165, 1.54) is 11.8 Å². The third kappa shape index (κ3) is 4.49. The van der Waals surface area contributed by atoms with Gasteiger partial charge in [0.25, 0.3) is 5.91 Å². The molecule has 2 N–H and O–H groups in total. The van der Waals surface area contributed by atoms with Crippen molar-refractivity contribution in [1.29, 1.82) is 0 Å². The number of amides is 2. The first-order valence-corrected chi connectivity index (χ1v) is 8.21. The molecular formula is C15H18N2O4S. The summed E-state index contributed by atoms with van der Waals surface area (Å²) in [5.74, 6) is -0.349. The second-order valence-electron chi connectivity index (χ2n) is 4.90. The van der Waals surface area contributed by atoms with Crippen molar-refractivity contribution in [2.75, 3.05) is 29.5 Å². The van der Waals surface area contributed by atoms with Gasteiger partial charge in [0.2, 0.25) is 5.91 Å². The smallest absolute Gasteiger partial charge is 0.313 e. The van der Waals surface area contributed by atoms with E-state index in [-0.39, 0.29) is 17.6 Å². The largest absolute Gasteiger partial charge is 0.481 e. The number of hydrogen-bond donors (Lipinski definition) is 2. The molecule has 2 amide bonds. The van der Waals surface area contributed by atoms with Crippen molar-refractivity contribution >= 4 is 35.2 Å². The van der Waals surface area contributed by atoms with Gasteiger partial charge in [-0.1, -0.05) is 0 Å². The summed E-state index contributed by atoms with van der Waals surface area (Å²) >= 11 is 1.26. The maximum absolute atomic E-state index is 11.9. The highest BCUT2D eigenvalue weighted by atomic mass is 32.2. The van der Waals surface area contributed by atoms with Gasteiger partial charge in [0.1, 0.15) is 0 Å². The van der Waals surface area contributed by atoms with Crippen LogP contribution in [0.5, 0.6) is 0 Å². The van der Waals surface area contributed by atoms with Crippen molar-refractivity contribution in [1.82, 2.24) is 5.32 Å². The summed E-state index contributed by atoms with van der Waals surface area (Å²) in [6, 6.07) is 6.94. The molecule has 1 saturated heterocycles. The van der Waals surface area contributed by atoms with Crippen molar-refractivity contribution in [3.63, 3.8) is 0 Å². The number of benzene rings is 1. The van der Waals surface area contributed by atoms with Gasteiger partial charge in [-0.2, -0.15) is 0 Å². The lowest BCUT2D eigenvalue weighted by atomic mass is 10.2. The predicted octanol–water partition coefficient (Wildman–Crippen LogP) is 1.36. The molecule has 1 fully saturated rings. The average molecular weight is 322 g/mol. The molecule has 0 radical (unpaired) electrons. The lowest BCUT2D eigenvalue weighted by Crippen LogP contribution is -2.26. The van der Waals surface area contributed by atoms with E-state index >= 15 is 0 Å². The molecule has 0 unspecified atom stereocenters. The topological polar surface area (TPSA) is 86.7 Å². The highest BCUT2D eigenvalue weighted by molar-refractivity contribution is 7.99. The maximum Gasteiger partial charge on any atom is 0.313 e. The summed E-state index contributed by atoms with van der Waals surface area (Å²) in [4.78, 5) is 35.6. The van der Waals surface area contributed by atoms with Crippen LogP contribution < -0.4 is 10.2 Å². The van der Waals surface area contributed by atoms with Gasteiger partial charge in [-0.3, -0.25) is 14.4 Å². The predicted molar refractivity (Wildman–Crippen MR) is 85.3 cm³/mol. The maximum atomic E-state index is 11.9. The summed E-state index contributed by atoms with van der Waals surface area (Å²) in [5, 5.41) is 11.2. The van der Waals surface area contributed by atoms with E-state index in [2.05, 4.69) is 5.32 Å². The summed E-state index contributed by atoms with van der Waals surface area (Å²) in [6.07, 6.45) is 1.45. The molecule has 1 aromatic rings. The standard InChI is InChI=1S/C15H18N2O4S/c18-13-2-1-8-17(13)12-5-3-11(4-6-12)15(21)16-7-9-22-10-14(19)20/h3-6H,1-2,7-10H2,(H,16,21)(H,19,20). The highest BCUT2D eigenvalue weighted by Gasteiger charge is 2.21. The Balaban J connectivity index is 1.81. The SMILES string of the molecule is O=C(O)CSCCNC(=O)c1ccc(N2CCCC2=O)cc1. The summed E-state index contributed by atoms with van der Waals surface area (Å²) < 4.78 is 0. The third-order valence-corrected chi connectivity index (χ3v) is 4.22. The van der Waals surface area contributed by atoms with E-state index in [9.17, 15) is 14.4 Å². The molecule has 0 aromatic heterocycles. The van der Waals surface area contributed by atoms with Crippen LogP contribution in [0.1, 0.15) is 23.2 Å². The van der Waals surface area contributed by atoms with Crippen molar-refractivity contribution in [2.24, 2.45) is 0 Å². The molecule has 7 heteroatoms. The molecular weight excluding hydrogens is 304 g/mol. The van der Waals surface area contributed by atoms with Crippen LogP contribution in [-0.4, -0.2) is 47.5 Å². The highest BCUT2D eigenvalue weighted by Crippen LogP contribution is 2.21. The molecule has 6 nitrogen and oxygen atoms in total. The van der Waals surface area contributed by atoms with Crippen LogP contribution in [0, 0.1) is 0 Å². The lowest BCUT2D eigenvalue weighted by Gasteiger charge is -2.15. The monoisotopic (exact) mass is 322 g/mol. The number of hydrogen-bond acceptors (Lipinski definition) is 4. The molecule has 0 aliphatic carbocycles. The van der Waals surface area contributed by atoms with Gasteiger partial charge < -0.3 is 15.3 Å². The van der Waals surface area contributed by atoms with Crippen molar-refractivity contribution in [3.05, 3.63) is 29.8 Å². The first-order valence-electron chi connectivity index (χ1n) is 7.06. The number of anilines is 1. The molecule has 1 aliphatic heterocycles. The Labute approximate surface area is 132 Å². The number of thioether (sulfide) groups is 1. The van der Waals surface area contributed by atoms with E-state index < -0.39 is 5.97 Å². The number of carbonyl (C=O) groups excluding carboxylic acids is 2. The molecule has 0 saturated carbocycles. The Morgan fingerprint density at radius 1 is 1.27 bits per heavy atom. The third-order valence-electron chi connectivity index (χ3n) is 3.27. The molecule has 1 aromatic carbocycles. The minimum Gasteiger partial charge on any atom is -0.481 e. The average Bonchev–Trinajstić information content (AvgIpc) is 2.92. The Morgan fingerprint density at radius 2 is 2.00 bits per heavy atom. The van der Waals surface area contributed by atoms with Gasteiger partial charge in [-0.25, -0.2) is 0 Å². The molecule has 2 rings (SSSR count). The second-order valence-corrected chi connectivity index (χ2v) is 6.00. The fourth-order valence-corrected chi connectivity index (χ4v) is 2.78. The van der Waals surface area contributed by atoms with Crippen molar-refractivity contribution in [2.45, 2.75) is 12.8 Å². The van der Waals surface area contributed by atoms with Gasteiger partial charge in [0, 0.05) is 36.5 Å². The van der Waals surface area contributed by atoms with Gasteiger partial charge in [-0.15, -0.1) is 11.8 Å². The van der Waals surface area contributed by atoms with E-state index in [4.69, 9.17) is 5.11 Å². The van der Waals surface area contributed by atoms with Crippen LogP contribution in [0.25, 0.3) is 0 Å².